The summed E-state index contributed by atoms with van der Waals surface area (Å²) in [6, 6.07) is 5.66. The molecule has 3 rings (SSSR count). The lowest BCUT2D eigenvalue weighted by atomic mass is 10.1. The molecule has 2 aromatic rings. The highest BCUT2D eigenvalue weighted by Crippen LogP contribution is 2.23. The zero-order valence-electron chi connectivity index (χ0n) is 11.1. The first-order chi connectivity index (χ1) is 9.28. The van der Waals surface area contributed by atoms with Crippen molar-refractivity contribution in [3.05, 3.63) is 35.5 Å². The van der Waals surface area contributed by atoms with Gasteiger partial charge in [0.2, 0.25) is 0 Å². The summed E-state index contributed by atoms with van der Waals surface area (Å²) in [6.07, 6.45) is 4.62. The van der Waals surface area contributed by atoms with Gasteiger partial charge in [0.25, 0.3) is 0 Å². The van der Waals surface area contributed by atoms with Crippen LogP contribution in [0.5, 0.6) is 0 Å². The fraction of sp³-hybridized carbons (Fsp3) is 0.400. The van der Waals surface area contributed by atoms with E-state index in [2.05, 4.69) is 9.88 Å². The second kappa shape index (κ2) is 5.05. The van der Waals surface area contributed by atoms with Crippen LogP contribution in [0.15, 0.2) is 24.4 Å². The number of likely N-dealkylation sites (tertiary alicyclic amines) is 1. The number of rotatable bonds is 3. The minimum Gasteiger partial charge on any atom is -0.465 e. The van der Waals surface area contributed by atoms with Crippen LogP contribution in [0.3, 0.4) is 0 Å². The van der Waals surface area contributed by atoms with Gasteiger partial charge in [0.15, 0.2) is 0 Å². The fourth-order valence-electron chi connectivity index (χ4n) is 2.74. The lowest BCUT2D eigenvalue weighted by Crippen LogP contribution is -2.18. The quantitative estimate of drug-likeness (QED) is 0.861. The number of esters is 1. The fourth-order valence-corrected chi connectivity index (χ4v) is 2.74. The molecule has 1 aromatic heterocycles. The number of hydrogen-bond acceptors (Lipinski definition) is 3. The van der Waals surface area contributed by atoms with Crippen LogP contribution in [0.2, 0.25) is 0 Å². The van der Waals surface area contributed by atoms with Gasteiger partial charge in [-0.3, -0.25) is 4.90 Å². The number of H-pyrrole nitrogens is 1. The number of nitrogens with one attached hydrogen (secondary N) is 1. The van der Waals surface area contributed by atoms with Crippen LogP contribution in [-0.4, -0.2) is 36.1 Å². The molecule has 0 saturated carbocycles. The molecular weight excluding hydrogens is 240 g/mol. The highest BCUT2D eigenvalue weighted by atomic mass is 16.5. The number of fused-ring (bicyclic) bond motifs is 1. The Morgan fingerprint density at radius 1 is 1.37 bits per heavy atom. The predicted octanol–water partition coefficient (Wildman–Crippen LogP) is 2.55. The molecule has 0 bridgehead atoms. The maximum absolute atomic E-state index is 11.6. The van der Waals surface area contributed by atoms with Crippen molar-refractivity contribution < 1.29 is 9.53 Å². The first-order valence-corrected chi connectivity index (χ1v) is 6.68. The highest BCUT2D eigenvalue weighted by molar-refractivity contribution is 5.95. The van der Waals surface area contributed by atoms with E-state index in [0.29, 0.717) is 5.56 Å². The number of nitrogens with zero attached hydrogens (tertiary/aromatic N) is 1. The van der Waals surface area contributed by atoms with Crippen LogP contribution in [0, 0.1) is 0 Å². The molecule has 0 aliphatic carbocycles. The smallest absolute Gasteiger partial charge is 0.337 e. The average molecular weight is 258 g/mol. The number of carbonyl (C=O) groups is 1. The van der Waals surface area contributed by atoms with Gasteiger partial charge in [-0.05, 0) is 49.7 Å². The second-order valence-corrected chi connectivity index (χ2v) is 5.05. The van der Waals surface area contributed by atoms with Gasteiger partial charge < -0.3 is 9.72 Å². The molecule has 100 valence electrons. The lowest BCUT2D eigenvalue weighted by molar-refractivity contribution is 0.0601. The molecule has 0 amide bonds. The zero-order chi connectivity index (χ0) is 13.2. The van der Waals surface area contributed by atoms with Crippen LogP contribution < -0.4 is 0 Å². The first kappa shape index (κ1) is 12.2. The molecule has 2 heterocycles. The van der Waals surface area contributed by atoms with E-state index < -0.39 is 0 Å². The number of aromatic nitrogens is 1. The molecular formula is C15H18N2O2. The lowest BCUT2D eigenvalue weighted by Gasteiger charge is -2.13. The number of benzene rings is 1. The SMILES string of the molecule is COC(=O)c1ccc2[nH]cc(CN3CCCC3)c2c1. The van der Waals surface area contributed by atoms with E-state index in [1.807, 2.05) is 18.3 Å². The molecule has 1 aliphatic heterocycles. The zero-order valence-corrected chi connectivity index (χ0v) is 11.1. The van der Waals surface area contributed by atoms with Crippen molar-refractivity contribution in [1.82, 2.24) is 9.88 Å². The molecule has 4 nitrogen and oxygen atoms in total. The highest BCUT2D eigenvalue weighted by Gasteiger charge is 2.15. The number of methoxy groups -OCH3 is 1. The molecule has 0 spiro atoms. The van der Waals surface area contributed by atoms with Gasteiger partial charge in [-0.25, -0.2) is 4.79 Å². The standard InChI is InChI=1S/C15H18N2O2/c1-19-15(18)11-4-5-14-13(8-11)12(9-16-14)10-17-6-2-3-7-17/h4-5,8-9,16H,2-3,6-7,10H2,1H3. The van der Waals surface area contributed by atoms with Crippen molar-refractivity contribution in [2.75, 3.05) is 20.2 Å². The first-order valence-electron chi connectivity index (χ1n) is 6.68. The van der Waals surface area contributed by atoms with E-state index in [1.54, 1.807) is 6.07 Å². The average Bonchev–Trinajstić information content (AvgIpc) is 3.08. The van der Waals surface area contributed by atoms with Gasteiger partial charge in [0, 0.05) is 23.6 Å². The third-order valence-corrected chi connectivity index (χ3v) is 3.78. The van der Waals surface area contributed by atoms with Crippen molar-refractivity contribution >= 4 is 16.9 Å². The summed E-state index contributed by atoms with van der Waals surface area (Å²) in [5.41, 5.74) is 2.93. The topological polar surface area (TPSA) is 45.3 Å². The van der Waals surface area contributed by atoms with Crippen LogP contribution in [0.4, 0.5) is 0 Å². The van der Waals surface area contributed by atoms with Crippen LogP contribution in [-0.2, 0) is 11.3 Å². The molecule has 1 saturated heterocycles. The Balaban J connectivity index is 1.93. The number of carbonyl (C=O) groups excluding carboxylic acids is 1. The molecule has 0 radical (unpaired) electrons. The van der Waals surface area contributed by atoms with Crippen LogP contribution in [0.25, 0.3) is 10.9 Å². The van der Waals surface area contributed by atoms with Crippen molar-refractivity contribution in [2.24, 2.45) is 0 Å². The number of hydrogen-bond donors (Lipinski definition) is 1. The minimum atomic E-state index is -0.282. The Morgan fingerprint density at radius 2 is 2.16 bits per heavy atom. The van der Waals surface area contributed by atoms with Crippen molar-refractivity contribution in [3.8, 4) is 0 Å². The van der Waals surface area contributed by atoms with E-state index in [4.69, 9.17) is 4.74 Å². The third kappa shape index (κ3) is 2.36. The summed E-state index contributed by atoms with van der Waals surface area (Å²) < 4.78 is 4.78. The maximum Gasteiger partial charge on any atom is 0.337 e. The molecule has 1 aromatic carbocycles. The Bertz CT molecular complexity index is 597. The van der Waals surface area contributed by atoms with Gasteiger partial charge >= 0.3 is 5.97 Å². The van der Waals surface area contributed by atoms with Gasteiger partial charge in [-0.15, -0.1) is 0 Å². The van der Waals surface area contributed by atoms with Gasteiger partial charge in [-0.2, -0.15) is 0 Å². The number of ether oxygens (including phenoxy) is 1. The van der Waals surface area contributed by atoms with E-state index in [1.165, 1.54) is 38.6 Å². The monoisotopic (exact) mass is 258 g/mol. The summed E-state index contributed by atoms with van der Waals surface area (Å²) in [4.78, 5) is 17.3. The molecule has 0 atom stereocenters. The summed E-state index contributed by atoms with van der Waals surface area (Å²) in [5, 5.41) is 1.12. The van der Waals surface area contributed by atoms with Crippen LogP contribution in [0.1, 0.15) is 28.8 Å². The Kier molecular flexibility index (Phi) is 3.25. The molecule has 19 heavy (non-hydrogen) atoms. The Morgan fingerprint density at radius 3 is 2.89 bits per heavy atom. The summed E-state index contributed by atoms with van der Waals surface area (Å²) in [7, 11) is 1.41. The Labute approximate surface area is 112 Å². The van der Waals surface area contributed by atoms with Crippen molar-refractivity contribution in [2.45, 2.75) is 19.4 Å². The van der Waals surface area contributed by atoms with Crippen molar-refractivity contribution in [3.63, 3.8) is 0 Å². The summed E-state index contributed by atoms with van der Waals surface area (Å²) in [6.45, 7) is 3.29. The van der Waals surface area contributed by atoms with E-state index in [9.17, 15) is 4.79 Å². The maximum atomic E-state index is 11.6. The molecule has 1 N–H and O–H groups in total. The van der Waals surface area contributed by atoms with Gasteiger partial charge in [-0.1, -0.05) is 0 Å². The third-order valence-electron chi connectivity index (χ3n) is 3.78. The predicted molar refractivity (Wildman–Crippen MR) is 74.1 cm³/mol. The van der Waals surface area contributed by atoms with E-state index in [0.717, 1.165) is 17.4 Å². The molecule has 0 unspecified atom stereocenters. The number of aromatic amines is 1. The Hall–Kier alpha value is -1.81. The van der Waals surface area contributed by atoms with E-state index >= 15 is 0 Å². The molecule has 1 fully saturated rings. The van der Waals surface area contributed by atoms with Gasteiger partial charge in [0.1, 0.15) is 0 Å². The molecule has 1 aliphatic rings. The largest absolute Gasteiger partial charge is 0.465 e. The van der Waals surface area contributed by atoms with E-state index in [-0.39, 0.29) is 5.97 Å². The van der Waals surface area contributed by atoms with Gasteiger partial charge in [0.05, 0.1) is 12.7 Å². The normalized spacial score (nSPS) is 16.1. The summed E-state index contributed by atoms with van der Waals surface area (Å²) >= 11 is 0. The molecule has 4 heteroatoms. The minimum absolute atomic E-state index is 0.282. The summed E-state index contributed by atoms with van der Waals surface area (Å²) in [5.74, 6) is -0.282. The second-order valence-electron chi connectivity index (χ2n) is 5.05. The van der Waals surface area contributed by atoms with Crippen LogP contribution >= 0.6 is 0 Å². The van der Waals surface area contributed by atoms with Crippen molar-refractivity contribution in [1.29, 1.82) is 0 Å².